The fourth-order valence-corrected chi connectivity index (χ4v) is 2.93. The Morgan fingerprint density at radius 2 is 1.85 bits per heavy atom. The maximum absolute atomic E-state index is 12.3. The highest BCUT2D eigenvalue weighted by atomic mass is 16.6. The second kappa shape index (κ2) is 8.52. The van der Waals surface area contributed by atoms with Crippen LogP contribution in [0.1, 0.15) is 30.9 Å². The number of imide groups is 1. The lowest BCUT2D eigenvalue weighted by Gasteiger charge is -2.18. The van der Waals surface area contributed by atoms with E-state index in [1.54, 1.807) is 0 Å². The Hall–Kier alpha value is -2.82. The van der Waals surface area contributed by atoms with E-state index in [2.05, 4.69) is 0 Å². The van der Waals surface area contributed by atoms with Crippen LogP contribution in [0.3, 0.4) is 0 Å². The highest BCUT2D eigenvalue weighted by molar-refractivity contribution is 5.93. The number of nitrogens with zero attached hydrogens (tertiary/aromatic N) is 1. The van der Waals surface area contributed by atoms with Gasteiger partial charge in [0.05, 0.1) is 6.04 Å². The van der Waals surface area contributed by atoms with Gasteiger partial charge in [-0.2, -0.15) is 0 Å². The van der Waals surface area contributed by atoms with Crippen molar-refractivity contribution in [2.45, 2.75) is 38.8 Å². The third-order valence-electron chi connectivity index (χ3n) is 4.50. The van der Waals surface area contributed by atoms with Crippen LogP contribution < -0.4 is 4.74 Å². The molecule has 2 amide bonds. The average Bonchev–Trinajstić information content (AvgIpc) is 3.07. The molecule has 136 valence electrons. The Morgan fingerprint density at radius 1 is 1.12 bits per heavy atom. The van der Waals surface area contributed by atoms with Crippen LogP contribution in [-0.4, -0.2) is 29.5 Å². The van der Waals surface area contributed by atoms with Crippen LogP contribution in [0, 0.1) is 0 Å². The smallest absolute Gasteiger partial charge is 0.416 e. The van der Waals surface area contributed by atoms with E-state index < -0.39 is 6.09 Å². The van der Waals surface area contributed by atoms with E-state index in [9.17, 15) is 9.59 Å². The Bertz CT molecular complexity index is 742. The molecule has 1 heterocycles. The van der Waals surface area contributed by atoms with Crippen molar-refractivity contribution in [1.29, 1.82) is 0 Å². The zero-order valence-corrected chi connectivity index (χ0v) is 14.9. The normalized spacial score (nSPS) is 16.4. The molecule has 2 aromatic rings. The van der Waals surface area contributed by atoms with Gasteiger partial charge in [-0.3, -0.25) is 4.79 Å². The number of rotatable bonds is 7. The lowest BCUT2D eigenvalue weighted by Crippen LogP contribution is -2.38. The SMILES string of the molecule is CCC1COC(=O)N1C(=O)CCc1ccc(OCc2ccccc2)cc1. The average molecular weight is 353 g/mol. The Morgan fingerprint density at radius 3 is 2.54 bits per heavy atom. The molecule has 0 N–H and O–H groups in total. The molecule has 0 spiro atoms. The van der Waals surface area contributed by atoms with Crippen molar-refractivity contribution in [2.75, 3.05) is 6.61 Å². The van der Waals surface area contributed by atoms with Crippen molar-refractivity contribution in [3.05, 3.63) is 65.7 Å². The molecule has 1 atom stereocenters. The van der Waals surface area contributed by atoms with E-state index in [1.807, 2.05) is 61.5 Å². The topological polar surface area (TPSA) is 55.8 Å². The molecule has 0 aromatic heterocycles. The van der Waals surface area contributed by atoms with E-state index in [0.29, 0.717) is 26.1 Å². The molecule has 0 bridgehead atoms. The first-order valence-electron chi connectivity index (χ1n) is 8.92. The second-order valence-corrected chi connectivity index (χ2v) is 6.32. The summed E-state index contributed by atoms with van der Waals surface area (Å²) < 4.78 is 10.7. The third kappa shape index (κ3) is 4.42. The maximum Gasteiger partial charge on any atom is 0.416 e. The minimum atomic E-state index is -0.522. The molecule has 1 fully saturated rings. The van der Waals surface area contributed by atoms with E-state index in [4.69, 9.17) is 9.47 Å². The molecule has 2 aromatic carbocycles. The quantitative estimate of drug-likeness (QED) is 0.756. The summed E-state index contributed by atoms with van der Waals surface area (Å²) in [6.07, 6.45) is 1.06. The molecule has 1 saturated heterocycles. The molecule has 0 saturated carbocycles. The van der Waals surface area contributed by atoms with Gasteiger partial charge in [0, 0.05) is 6.42 Å². The first-order chi connectivity index (χ1) is 12.7. The third-order valence-corrected chi connectivity index (χ3v) is 4.50. The second-order valence-electron chi connectivity index (χ2n) is 6.32. The van der Waals surface area contributed by atoms with Crippen molar-refractivity contribution in [3.63, 3.8) is 0 Å². The van der Waals surface area contributed by atoms with E-state index in [1.165, 1.54) is 4.90 Å². The number of cyclic esters (lactones) is 1. The molecule has 26 heavy (non-hydrogen) atoms. The summed E-state index contributed by atoms with van der Waals surface area (Å²) in [6, 6.07) is 17.6. The number of benzene rings is 2. The minimum absolute atomic E-state index is 0.135. The lowest BCUT2D eigenvalue weighted by molar-refractivity contribution is -0.129. The Labute approximate surface area is 153 Å². The van der Waals surface area contributed by atoms with Crippen LogP contribution in [0.2, 0.25) is 0 Å². The van der Waals surface area contributed by atoms with Gasteiger partial charge in [0.15, 0.2) is 0 Å². The fourth-order valence-electron chi connectivity index (χ4n) is 2.93. The van der Waals surface area contributed by atoms with Crippen LogP contribution in [0.15, 0.2) is 54.6 Å². The molecule has 0 aliphatic carbocycles. The highest BCUT2D eigenvalue weighted by Gasteiger charge is 2.36. The van der Waals surface area contributed by atoms with Crippen LogP contribution >= 0.6 is 0 Å². The van der Waals surface area contributed by atoms with Gasteiger partial charge in [-0.25, -0.2) is 9.69 Å². The molecular weight excluding hydrogens is 330 g/mol. The van der Waals surface area contributed by atoms with Crippen molar-refractivity contribution in [2.24, 2.45) is 0 Å². The Balaban J connectivity index is 1.49. The van der Waals surface area contributed by atoms with E-state index in [-0.39, 0.29) is 18.4 Å². The molecular formula is C21H23NO4. The fraction of sp³-hybridized carbons (Fsp3) is 0.333. The molecule has 0 radical (unpaired) electrons. The summed E-state index contributed by atoms with van der Waals surface area (Å²) in [6.45, 7) is 2.77. The lowest BCUT2D eigenvalue weighted by atomic mass is 10.1. The van der Waals surface area contributed by atoms with Crippen molar-refractivity contribution >= 4 is 12.0 Å². The first kappa shape index (κ1) is 18.0. The molecule has 3 rings (SSSR count). The number of hydrogen-bond acceptors (Lipinski definition) is 4. The van der Waals surface area contributed by atoms with Gasteiger partial charge in [0.2, 0.25) is 5.91 Å². The van der Waals surface area contributed by atoms with Gasteiger partial charge < -0.3 is 9.47 Å². The van der Waals surface area contributed by atoms with E-state index >= 15 is 0 Å². The van der Waals surface area contributed by atoms with E-state index in [0.717, 1.165) is 16.9 Å². The standard InChI is InChI=1S/C21H23NO4/c1-2-18-15-26-21(24)22(18)20(23)13-10-16-8-11-19(12-9-16)25-14-17-6-4-3-5-7-17/h3-9,11-12,18H,2,10,13-15H2,1H3. The predicted octanol–water partition coefficient (Wildman–Crippen LogP) is 3.96. The van der Waals surface area contributed by atoms with Crippen molar-refractivity contribution < 1.29 is 19.1 Å². The predicted molar refractivity (Wildman–Crippen MR) is 97.8 cm³/mol. The highest BCUT2D eigenvalue weighted by Crippen LogP contribution is 2.19. The molecule has 1 aliphatic rings. The molecule has 1 aliphatic heterocycles. The monoisotopic (exact) mass is 353 g/mol. The number of ether oxygens (including phenoxy) is 2. The van der Waals surface area contributed by atoms with Gasteiger partial charge in [0.1, 0.15) is 19.0 Å². The van der Waals surface area contributed by atoms with Crippen LogP contribution in [0.5, 0.6) is 5.75 Å². The van der Waals surface area contributed by atoms with Crippen LogP contribution in [0.4, 0.5) is 4.79 Å². The number of carbonyl (C=O) groups excluding carboxylic acids is 2. The summed E-state index contributed by atoms with van der Waals surface area (Å²) in [5.41, 5.74) is 2.15. The van der Waals surface area contributed by atoms with Crippen LogP contribution in [0.25, 0.3) is 0 Å². The first-order valence-corrected chi connectivity index (χ1v) is 8.92. The molecule has 5 nitrogen and oxygen atoms in total. The van der Waals surface area contributed by atoms with Gasteiger partial charge in [-0.1, -0.05) is 49.4 Å². The summed E-state index contributed by atoms with van der Waals surface area (Å²) in [7, 11) is 0. The van der Waals surface area contributed by atoms with Crippen LogP contribution in [-0.2, 0) is 22.6 Å². The molecule has 1 unspecified atom stereocenters. The molecule has 5 heteroatoms. The Kier molecular flexibility index (Phi) is 5.89. The summed E-state index contributed by atoms with van der Waals surface area (Å²) >= 11 is 0. The number of amides is 2. The summed E-state index contributed by atoms with van der Waals surface area (Å²) in [5.74, 6) is 0.613. The zero-order valence-electron chi connectivity index (χ0n) is 14.9. The van der Waals surface area contributed by atoms with Gasteiger partial charge in [-0.15, -0.1) is 0 Å². The zero-order chi connectivity index (χ0) is 18.4. The van der Waals surface area contributed by atoms with Gasteiger partial charge in [-0.05, 0) is 36.1 Å². The maximum atomic E-state index is 12.3. The number of aryl methyl sites for hydroxylation is 1. The summed E-state index contributed by atoms with van der Waals surface area (Å²) in [5, 5.41) is 0. The minimum Gasteiger partial charge on any atom is -0.489 e. The summed E-state index contributed by atoms with van der Waals surface area (Å²) in [4.78, 5) is 25.3. The van der Waals surface area contributed by atoms with Crippen molar-refractivity contribution in [3.8, 4) is 5.75 Å². The number of hydrogen-bond donors (Lipinski definition) is 0. The van der Waals surface area contributed by atoms with Crippen molar-refractivity contribution in [1.82, 2.24) is 4.90 Å². The largest absolute Gasteiger partial charge is 0.489 e. The van der Waals surface area contributed by atoms with Gasteiger partial charge >= 0.3 is 6.09 Å². The number of carbonyl (C=O) groups is 2. The van der Waals surface area contributed by atoms with Gasteiger partial charge in [0.25, 0.3) is 0 Å².